The fraction of sp³-hybridized carbons (Fsp3) is 0.0714. The number of anilines is 1. The Bertz CT molecular complexity index is 607. The lowest BCUT2D eigenvalue weighted by molar-refractivity contribution is 1.16. The summed E-state index contributed by atoms with van der Waals surface area (Å²) in [5.74, 6) is 0.832. The van der Waals surface area contributed by atoms with Crippen molar-refractivity contribution in [3.63, 3.8) is 0 Å². The monoisotopic (exact) mass is 320 g/mol. The number of fused-ring (bicyclic) bond motifs is 1. The molecule has 1 aliphatic rings. The van der Waals surface area contributed by atoms with Crippen molar-refractivity contribution < 1.29 is 0 Å². The Morgan fingerprint density at radius 1 is 1.17 bits per heavy atom. The first-order valence-electron chi connectivity index (χ1n) is 5.57. The van der Waals surface area contributed by atoms with E-state index in [2.05, 4.69) is 32.3 Å². The van der Waals surface area contributed by atoms with Gasteiger partial charge in [0.1, 0.15) is 11.3 Å². The molecule has 0 amide bonds. The number of pyridine rings is 1. The molecule has 0 saturated heterocycles. The SMILES string of the molecule is ClC1Nc2ncccc2C=C1c1ccc(Br)cc1. The summed E-state index contributed by atoms with van der Waals surface area (Å²) >= 11 is 9.79. The quantitative estimate of drug-likeness (QED) is 0.623. The van der Waals surface area contributed by atoms with Gasteiger partial charge >= 0.3 is 0 Å². The fourth-order valence-corrected chi connectivity index (χ4v) is 2.52. The third-order valence-corrected chi connectivity index (χ3v) is 3.74. The van der Waals surface area contributed by atoms with Crippen LogP contribution in [0.5, 0.6) is 0 Å². The second kappa shape index (κ2) is 4.75. The molecule has 0 radical (unpaired) electrons. The lowest BCUT2D eigenvalue weighted by Crippen LogP contribution is -2.19. The van der Waals surface area contributed by atoms with Gasteiger partial charge in [0.25, 0.3) is 0 Å². The molecular formula is C14H10BrClN2. The van der Waals surface area contributed by atoms with Gasteiger partial charge in [-0.1, -0.05) is 39.7 Å². The summed E-state index contributed by atoms with van der Waals surface area (Å²) in [7, 11) is 0. The molecule has 0 spiro atoms. The summed E-state index contributed by atoms with van der Waals surface area (Å²) in [6.45, 7) is 0. The Morgan fingerprint density at radius 2 is 1.94 bits per heavy atom. The van der Waals surface area contributed by atoms with E-state index in [0.717, 1.165) is 27.0 Å². The predicted molar refractivity (Wildman–Crippen MR) is 79.5 cm³/mol. The number of nitrogens with one attached hydrogen (secondary N) is 1. The van der Waals surface area contributed by atoms with Crippen molar-refractivity contribution in [1.82, 2.24) is 4.98 Å². The molecule has 0 bridgehead atoms. The van der Waals surface area contributed by atoms with Gasteiger partial charge in [0, 0.05) is 16.2 Å². The molecule has 0 saturated carbocycles. The number of halogens is 2. The lowest BCUT2D eigenvalue weighted by Gasteiger charge is -2.23. The van der Waals surface area contributed by atoms with Gasteiger partial charge in [0.15, 0.2) is 0 Å². The molecule has 2 heterocycles. The summed E-state index contributed by atoms with van der Waals surface area (Å²) in [6, 6.07) is 12.1. The minimum absolute atomic E-state index is 0.256. The van der Waals surface area contributed by atoms with E-state index >= 15 is 0 Å². The van der Waals surface area contributed by atoms with Gasteiger partial charge in [0.05, 0.1) is 0 Å². The second-order valence-electron chi connectivity index (χ2n) is 4.05. The molecule has 0 aliphatic carbocycles. The highest BCUT2D eigenvalue weighted by atomic mass is 79.9. The summed E-state index contributed by atoms with van der Waals surface area (Å²) in [4.78, 5) is 4.26. The predicted octanol–water partition coefficient (Wildman–Crippen LogP) is 4.38. The maximum Gasteiger partial charge on any atom is 0.134 e. The van der Waals surface area contributed by atoms with Crippen molar-refractivity contribution in [3.05, 3.63) is 58.2 Å². The van der Waals surface area contributed by atoms with E-state index in [-0.39, 0.29) is 5.50 Å². The first-order valence-corrected chi connectivity index (χ1v) is 6.80. The van der Waals surface area contributed by atoms with Crippen molar-refractivity contribution in [3.8, 4) is 0 Å². The van der Waals surface area contributed by atoms with E-state index in [0.29, 0.717) is 0 Å². The van der Waals surface area contributed by atoms with Gasteiger partial charge in [0.2, 0.25) is 0 Å². The molecule has 4 heteroatoms. The van der Waals surface area contributed by atoms with Crippen molar-refractivity contribution in [1.29, 1.82) is 0 Å². The zero-order chi connectivity index (χ0) is 12.5. The van der Waals surface area contributed by atoms with Crippen LogP contribution in [0, 0.1) is 0 Å². The van der Waals surface area contributed by atoms with E-state index < -0.39 is 0 Å². The smallest absolute Gasteiger partial charge is 0.134 e. The van der Waals surface area contributed by atoms with Gasteiger partial charge in [-0.3, -0.25) is 0 Å². The number of hydrogen-bond acceptors (Lipinski definition) is 2. The van der Waals surface area contributed by atoms with E-state index in [1.165, 1.54) is 0 Å². The first-order chi connectivity index (χ1) is 8.74. The minimum atomic E-state index is -0.256. The number of benzene rings is 1. The molecule has 1 unspecified atom stereocenters. The lowest BCUT2D eigenvalue weighted by atomic mass is 10.0. The van der Waals surface area contributed by atoms with E-state index in [9.17, 15) is 0 Å². The van der Waals surface area contributed by atoms with Crippen LogP contribution in [0.4, 0.5) is 5.82 Å². The minimum Gasteiger partial charge on any atom is -0.350 e. The molecule has 0 fully saturated rings. The molecule has 18 heavy (non-hydrogen) atoms. The summed E-state index contributed by atoms with van der Waals surface area (Å²) in [6.07, 6.45) is 3.84. The summed E-state index contributed by atoms with van der Waals surface area (Å²) in [5.41, 5.74) is 2.98. The normalized spacial score (nSPS) is 17.7. The van der Waals surface area contributed by atoms with Crippen LogP contribution in [0.3, 0.4) is 0 Å². The molecule has 1 aromatic heterocycles. The van der Waals surface area contributed by atoms with Crippen molar-refractivity contribution in [2.45, 2.75) is 5.50 Å². The Labute approximate surface area is 119 Å². The number of rotatable bonds is 1. The Morgan fingerprint density at radius 3 is 2.72 bits per heavy atom. The maximum absolute atomic E-state index is 6.35. The topological polar surface area (TPSA) is 24.9 Å². The third-order valence-electron chi connectivity index (χ3n) is 2.86. The number of aromatic nitrogens is 1. The highest BCUT2D eigenvalue weighted by molar-refractivity contribution is 9.10. The highest BCUT2D eigenvalue weighted by Crippen LogP contribution is 2.33. The standard InChI is InChI=1S/C14H10BrClN2/c15-11-5-3-9(4-6-11)12-8-10-2-1-7-17-14(10)18-13(12)16/h1-8,13H,(H,17,18). The van der Waals surface area contributed by atoms with Gasteiger partial charge in [-0.25, -0.2) is 4.98 Å². The molecule has 1 atom stereocenters. The molecule has 2 aromatic rings. The van der Waals surface area contributed by atoms with Gasteiger partial charge in [-0.05, 0) is 41.5 Å². The van der Waals surface area contributed by atoms with Gasteiger partial charge in [-0.15, -0.1) is 0 Å². The van der Waals surface area contributed by atoms with Gasteiger partial charge < -0.3 is 5.32 Å². The molecule has 1 aromatic carbocycles. The van der Waals surface area contributed by atoms with Crippen LogP contribution in [0.15, 0.2) is 47.1 Å². The second-order valence-corrected chi connectivity index (χ2v) is 5.41. The van der Waals surface area contributed by atoms with Crippen molar-refractivity contribution in [2.75, 3.05) is 5.32 Å². The van der Waals surface area contributed by atoms with E-state index in [1.807, 2.05) is 36.4 Å². The zero-order valence-corrected chi connectivity index (χ0v) is 11.7. The number of alkyl halides is 1. The van der Waals surface area contributed by atoms with Crippen LogP contribution in [-0.2, 0) is 0 Å². The largest absolute Gasteiger partial charge is 0.350 e. The van der Waals surface area contributed by atoms with Crippen LogP contribution >= 0.6 is 27.5 Å². The average Bonchev–Trinajstić information content (AvgIpc) is 2.39. The van der Waals surface area contributed by atoms with Crippen LogP contribution in [0.1, 0.15) is 11.1 Å². The van der Waals surface area contributed by atoms with E-state index in [1.54, 1.807) is 6.20 Å². The Hall–Kier alpha value is -1.32. The van der Waals surface area contributed by atoms with Crippen LogP contribution < -0.4 is 5.32 Å². The molecule has 1 aliphatic heterocycles. The molecular weight excluding hydrogens is 312 g/mol. The molecule has 1 N–H and O–H groups in total. The molecule has 90 valence electrons. The number of hydrogen-bond donors (Lipinski definition) is 1. The average molecular weight is 322 g/mol. The van der Waals surface area contributed by atoms with Crippen LogP contribution in [0.2, 0.25) is 0 Å². The van der Waals surface area contributed by atoms with Crippen molar-refractivity contribution >= 4 is 45.0 Å². The van der Waals surface area contributed by atoms with Crippen LogP contribution in [0.25, 0.3) is 11.6 Å². The Kier molecular flexibility index (Phi) is 3.10. The molecule has 3 rings (SSSR count). The fourth-order valence-electron chi connectivity index (χ4n) is 1.97. The summed E-state index contributed by atoms with van der Waals surface area (Å²) in [5, 5.41) is 3.20. The van der Waals surface area contributed by atoms with E-state index in [4.69, 9.17) is 11.6 Å². The first kappa shape index (κ1) is 11.8. The molecule has 2 nitrogen and oxygen atoms in total. The van der Waals surface area contributed by atoms with Crippen molar-refractivity contribution in [2.24, 2.45) is 0 Å². The number of nitrogens with zero attached hydrogens (tertiary/aromatic N) is 1. The Balaban J connectivity index is 2.07. The highest BCUT2D eigenvalue weighted by Gasteiger charge is 2.20. The maximum atomic E-state index is 6.35. The summed E-state index contributed by atoms with van der Waals surface area (Å²) < 4.78 is 1.06. The third kappa shape index (κ3) is 2.16. The van der Waals surface area contributed by atoms with Gasteiger partial charge in [-0.2, -0.15) is 0 Å². The van der Waals surface area contributed by atoms with Crippen LogP contribution in [-0.4, -0.2) is 10.5 Å². The zero-order valence-electron chi connectivity index (χ0n) is 9.40.